The van der Waals surface area contributed by atoms with Crippen molar-refractivity contribution >= 4 is 11.6 Å². The van der Waals surface area contributed by atoms with E-state index in [4.69, 9.17) is 9.47 Å². The van der Waals surface area contributed by atoms with Crippen LogP contribution in [-0.2, 0) is 0 Å². The van der Waals surface area contributed by atoms with Gasteiger partial charge in [-0.3, -0.25) is 4.79 Å². The Kier molecular flexibility index (Phi) is 5.89. The first-order valence-electron chi connectivity index (χ1n) is 9.95. The summed E-state index contributed by atoms with van der Waals surface area (Å²) in [5.41, 5.74) is 3.48. The molecule has 0 aliphatic rings. The van der Waals surface area contributed by atoms with Gasteiger partial charge >= 0.3 is 0 Å². The maximum atomic E-state index is 14.6. The van der Waals surface area contributed by atoms with Crippen molar-refractivity contribution in [2.75, 3.05) is 19.5 Å². The second-order valence-corrected chi connectivity index (χ2v) is 7.18. The lowest BCUT2D eigenvalue weighted by molar-refractivity contribution is 0.102. The maximum Gasteiger partial charge on any atom is 0.259 e. The molecule has 1 N–H and O–H groups in total. The Labute approximate surface area is 185 Å². The number of benzene rings is 3. The van der Waals surface area contributed by atoms with Crippen LogP contribution in [-0.4, -0.2) is 29.9 Å². The number of methoxy groups -OCH3 is 2. The Bertz CT molecular complexity index is 1250. The number of ether oxygens (including phenoxy) is 2. The van der Waals surface area contributed by atoms with Crippen LogP contribution in [0, 0.1) is 12.7 Å². The minimum atomic E-state index is -0.636. The number of hydrogen-bond donors (Lipinski definition) is 1. The van der Waals surface area contributed by atoms with Gasteiger partial charge in [0.05, 0.1) is 31.2 Å². The van der Waals surface area contributed by atoms with E-state index in [0.29, 0.717) is 17.0 Å². The third-order valence-corrected chi connectivity index (χ3v) is 5.03. The van der Waals surface area contributed by atoms with Gasteiger partial charge in [-0.05, 0) is 19.1 Å². The van der Waals surface area contributed by atoms with Crippen molar-refractivity contribution in [2.45, 2.75) is 6.92 Å². The van der Waals surface area contributed by atoms with Crippen molar-refractivity contribution < 1.29 is 18.7 Å². The van der Waals surface area contributed by atoms with Gasteiger partial charge in [-0.25, -0.2) is 9.07 Å². The van der Waals surface area contributed by atoms with Crippen LogP contribution >= 0.6 is 0 Å². The Hall–Kier alpha value is -4.13. The number of rotatable bonds is 6. The average Bonchev–Trinajstić information content (AvgIpc) is 3.27. The molecule has 1 aromatic heterocycles. The largest absolute Gasteiger partial charge is 0.493 e. The first-order chi connectivity index (χ1) is 15.5. The third-order valence-electron chi connectivity index (χ3n) is 5.03. The van der Waals surface area contributed by atoms with E-state index in [1.54, 1.807) is 10.9 Å². The second kappa shape index (κ2) is 8.93. The molecule has 0 saturated carbocycles. The fourth-order valence-corrected chi connectivity index (χ4v) is 3.32. The third kappa shape index (κ3) is 4.18. The summed E-state index contributed by atoms with van der Waals surface area (Å²) in [5, 5.41) is 7.28. The Morgan fingerprint density at radius 2 is 1.62 bits per heavy atom. The predicted octanol–water partition coefficient (Wildman–Crippen LogP) is 5.26. The SMILES string of the molecule is COc1cc(F)c(NC(=O)c2cn(-c3ccc(C)cc3)nc2-c2ccccc2)cc1OC. The summed E-state index contributed by atoms with van der Waals surface area (Å²) >= 11 is 0. The van der Waals surface area contributed by atoms with E-state index in [1.165, 1.54) is 26.4 Å². The first kappa shape index (κ1) is 21.1. The standard InChI is InChI=1S/C25H22FN3O3/c1-16-9-11-18(12-10-16)29-15-19(24(28-29)17-7-5-4-6-8-17)25(30)27-21-14-23(32-3)22(31-2)13-20(21)26/h4-15H,1-3H3,(H,27,30). The molecule has 1 heterocycles. The van der Waals surface area contributed by atoms with Crippen LogP contribution < -0.4 is 14.8 Å². The van der Waals surface area contributed by atoms with E-state index >= 15 is 0 Å². The van der Waals surface area contributed by atoms with Crippen LogP contribution in [0.15, 0.2) is 72.9 Å². The number of amides is 1. The van der Waals surface area contributed by atoms with Crippen LogP contribution in [0.4, 0.5) is 10.1 Å². The highest BCUT2D eigenvalue weighted by atomic mass is 19.1. The molecule has 0 unspecified atom stereocenters. The van der Waals surface area contributed by atoms with Gasteiger partial charge in [-0.2, -0.15) is 5.10 Å². The molecular formula is C25H22FN3O3. The molecular weight excluding hydrogens is 409 g/mol. The fourth-order valence-electron chi connectivity index (χ4n) is 3.32. The minimum Gasteiger partial charge on any atom is -0.493 e. The molecule has 0 atom stereocenters. The number of hydrogen-bond acceptors (Lipinski definition) is 4. The van der Waals surface area contributed by atoms with E-state index in [2.05, 4.69) is 10.4 Å². The van der Waals surface area contributed by atoms with Crippen molar-refractivity contribution in [3.05, 3.63) is 89.9 Å². The maximum absolute atomic E-state index is 14.6. The van der Waals surface area contributed by atoms with Crippen molar-refractivity contribution in [1.82, 2.24) is 9.78 Å². The number of aromatic nitrogens is 2. The molecule has 4 rings (SSSR count). The van der Waals surface area contributed by atoms with E-state index in [-0.39, 0.29) is 11.4 Å². The number of nitrogens with zero attached hydrogens (tertiary/aromatic N) is 2. The zero-order valence-electron chi connectivity index (χ0n) is 17.9. The highest BCUT2D eigenvalue weighted by Gasteiger charge is 2.21. The summed E-state index contributed by atoms with van der Waals surface area (Å²) in [5.74, 6) is -0.584. The summed E-state index contributed by atoms with van der Waals surface area (Å²) in [7, 11) is 2.86. The van der Waals surface area contributed by atoms with Gasteiger partial charge in [0.25, 0.3) is 5.91 Å². The molecule has 162 valence electrons. The van der Waals surface area contributed by atoms with Crippen molar-refractivity contribution in [3.8, 4) is 28.4 Å². The van der Waals surface area contributed by atoms with Crippen LogP contribution in [0.3, 0.4) is 0 Å². The number of aryl methyl sites for hydroxylation is 1. The molecule has 3 aromatic carbocycles. The van der Waals surface area contributed by atoms with Crippen LogP contribution in [0.25, 0.3) is 16.9 Å². The van der Waals surface area contributed by atoms with Crippen LogP contribution in [0.2, 0.25) is 0 Å². The molecule has 0 fully saturated rings. The molecule has 0 bridgehead atoms. The number of carbonyl (C=O) groups is 1. The lowest BCUT2D eigenvalue weighted by atomic mass is 10.1. The van der Waals surface area contributed by atoms with Gasteiger partial charge < -0.3 is 14.8 Å². The molecule has 7 heteroatoms. The topological polar surface area (TPSA) is 65.4 Å². The van der Waals surface area contributed by atoms with E-state index in [1.807, 2.05) is 61.5 Å². The number of nitrogens with one attached hydrogen (secondary N) is 1. The van der Waals surface area contributed by atoms with E-state index < -0.39 is 11.7 Å². The zero-order chi connectivity index (χ0) is 22.7. The molecule has 6 nitrogen and oxygen atoms in total. The highest BCUT2D eigenvalue weighted by Crippen LogP contribution is 2.33. The number of carbonyl (C=O) groups excluding carboxylic acids is 1. The van der Waals surface area contributed by atoms with Gasteiger partial charge in [-0.1, -0.05) is 48.0 Å². The number of anilines is 1. The Balaban J connectivity index is 1.75. The first-order valence-corrected chi connectivity index (χ1v) is 9.95. The van der Waals surface area contributed by atoms with Crippen molar-refractivity contribution in [1.29, 1.82) is 0 Å². The monoisotopic (exact) mass is 431 g/mol. The van der Waals surface area contributed by atoms with Gasteiger partial charge in [0.1, 0.15) is 5.69 Å². The normalized spacial score (nSPS) is 10.6. The van der Waals surface area contributed by atoms with Crippen molar-refractivity contribution in [3.63, 3.8) is 0 Å². The summed E-state index contributed by atoms with van der Waals surface area (Å²) in [6.45, 7) is 2.00. The lowest BCUT2D eigenvalue weighted by Gasteiger charge is -2.12. The van der Waals surface area contributed by atoms with Crippen LogP contribution in [0.1, 0.15) is 15.9 Å². The van der Waals surface area contributed by atoms with E-state index in [0.717, 1.165) is 16.8 Å². The smallest absolute Gasteiger partial charge is 0.259 e. The number of halogens is 1. The molecule has 0 spiro atoms. The minimum absolute atomic E-state index is 0.0188. The highest BCUT2D eigenvalue weighted by molar-refractivity contribution is 6.08. The second-order valence-electron chi connectivity index (χ2n) is 7.18. The van der Waals surface area contributed by atoms with Gasteiger partial charge in [-0.15, -0.1) is 0 Å². The quantitative estimate of drug-likeness (QED) is 0.453. The summed E-state index contributed by atoms with van der Waals surface area (Å²) < 4.78 is 26.6. The van der Waals surface area contributed by atoms with Gasteiger partial charge in [0.15, 0.2) is 17.3 Å². The van der Waals surface area contributed by atoms with E-state index in [9.17, 15) is 9.18 Å². The van der Waals surface area contributed by atoms with Crippen LogP contribution in [0.5, 0.6) is 11.5 Å². The average molecular weight is 431 g/mol. The Morgan fingerprint density at radius 3 is 2.28 bits per heavy atom. The molecule has 0 radical (unpaired) electrons. The van der Waals surface area contributed by atoms with Crippen molar-refractivity contribution in [2.24, 2.45) is 0 Å². The van der Waals surface area contributed by atoms with Gasteiger partial charge in [0.2, 0.25) is 0 Å². The molecule has 1 amide bonds. The Morgan fingerprint density at radius 1 is 0.969 bits per heavy atom. The molecule has 32 heavy (non-hydrogen) atoms. The molecule has 0 aliphatic carbocycles. The van der Waals surface area contributed by atoms with Gasteiger partial charge in [0, 0.05) is 23.9 Å². The molecule has 0 aliphatic heterocycles. The fraction of sp³-hybridized carbons (Fsp3) is 0.120. The zero-order valence-corrected chi connectivity index (χ0v) is 17.9. The summed E-state index contributed by atoms with van der Waals surface area (Å²) in [4.78, 5) is 13.2. The molecule has 4 aromatic rings. The predicted molar refractivity (Wildman–Crippen MR) is 121 cm³/mol. The summed E-state index contributed by atoms with van der Waals surface area (Å²) in [6, 6.07) is 19.7. The lowest BCUT2D eigenvalue weighted by Crippen LogP contribution is -2.13. The molecule has 0 saturated heterocycles. The summed E-state index contributed by atoms with van der Waals surface area (Å²) in [6.07, 6.45) is 1.64.